The van der Waals surface area contributed by atoms with Crippen LogP contribution in [0, 0.1) is 0 Å². The molecule has 0 aliphatic rings. The summed E-state index contributed by atoms with van der Waals surface area (Å²) in [6.45, 7) is 3.59. The van der Waals surface area contributed by atoms with E-state index in [2.05, 4.69) is 62.5 Å². The molecule has 0 aromatic heterocycles. The lowest BCUT2D eigenvalue weighted by Gasteiger charge is -2.19. The van der Waals surface area contributed by atoms with Gasteiger partial charge in [-0.2, -0.15) is 0 Å². The number of esters is 2. The second-order valence-corrected chi connectivity index (χ2v) is 16.7. The third kappa shape index (κ3) is 43.4. The number of phosphoric ester groups is 1. The molecule has 0 aromatic rings. The molecule has 0 aliphatic heterocycles. The molecule has 0 rings (SSSR count). The summed E-state index contributed by atoms with van der Waals surface area (Å²) in [7, 11) is -4.39. The van der Waals surface area contributed by atoms with Crippen molar-refractivity contribution in [1.29, 1.82) is 0 Å². The number of allylic oxidation sites excluding steroid dienone is 8. The molecule has 9 nitrogen and oxygen atoms in total. The third-order valence-corrected chi connectivity index (χ3v) is 10.7. The summed E-state index contributed by atoms with van der Waals surface area (Å²) in [6.07, 6.45) is 50.1. The molecule has 57 heavy (non-hydrogen) atoms. The van der Waals surface area contributed by atoms with Crippen molar-refractivity contribution in [3.05, 3.63) is 48.6 Å². The number of nitrogens with two attached hydrogens (primary N) is 1. The summed E-state index contributed by atoms with van der Waals surface area (Å²) in [5.74, 6) is -0.872. The highest BCUT2D eigenvalue weighted by Gasteiger charge is 2.26. The van der Waals surface area contributed by atoms with Gasteiger partial charge in [-0.3, -0.25) is 18.6 Å². The molecule has 0 aromatic carbocycles. The molecule has 0 radical (unpaired) electrons. The molecule has 10 heteroatoms. The van der Waals surface area contributed by atoms with Gasteiger partial charge in [-0.1, -0.05) is 191 Å². The number of phosphoric acid groups is 1. The molecule has 0 spiro atoms. The standard InChI is InChI=1S/C47H86NO8P/c1-3-5-7-9-11-13-15-17-19-20-21-22-23-24-26-28-30-32-34-36-38-40-47(50)56-45(44-55-57(51,52)54-42-41-48)43-53-46(49)39-37-35-33-31-29-27-25-18-16-14-12-10-8-6-4-2/h6,8,12,14,18,25,29,31,45H,3-5,7,9-11,13,15-17,19-24,26-28,30,32-44,48H2,1-2H3,(H,51,52)/b8-6-,14-12-,25-18-,31-29-/t45-/m1/s1. The van der Waals surface area contributed by atoms with E-state index in [0.717, 1.165) is 57.8 Å². The van der Waals surface area contributed by atoms with Gasteiger partial charge in [0.2, 0.25) is 0 Å². The fourth-order valence-corrected chi connectivity index (χ4v) is 7.10. The zero-order valence-corrected chi connectivity index (χ0v) is 37.5. The summed E-state index contributed by atoms with van der Waals surface area (Å²) in [5.41, 5.74) is 5.35. The molecule has 0 saturated heterocycles. The van der Waals surface area contributed by atoms with Crippen LogP contribution < -0.4 is 5.73 Å². The van der Waals surface area contributed by atoms with Crippen LogP contribution in [0.1, 0.15) is 206 Å². The van der Waals surface area contributed by atoms with Crippen LogP contribution in [0.2, 0.25) is 0 Å². The highest BCUT2D eigenvalue weighted by Crippen LogP contribution is 2.43. The molecule has 0 aliphatic carbocycles. The molecule has 0 heterocycles. The minimum absolute atomic E-state index is 0.0473. The van der Waals surface area contributed by atoms with Crippen molar-refractivity contribution in [2.24, 2.45) is 5.73 Å². The van der Waals surface area contributed by atoms with E-state index in [-0.39, 0.29) is 32.6 Å². The van der Waals surface area contributed by atoms with E-state index in [1.165, 1.54) is 109 Å². The van der Waals surface area contributed by atoms with E-state index >= 15 is 0 Å². The first-order valence-electron chi connectivity index (χ1n) is 23.1. The number of unbranched alkanes of at least 4 members (excludes halogenated alkanes) is 22. The van der Waals surface area contributed by atoms with Crippen LogP contribution in [0.25, 0.3) is 0 Å². The summed E-state index contributed by atoms with van der Waals surface area (Å²) < 4.78 is 32.8. The largest absolute Gasteiger partial charge is 0.472 e. The Morgan fingerprint density at radius 2 is 0.965 bits per heavy atom. The van der Waals surface area contributed by atoms with Crippen LogP contribution in [0.4, 0.5) is 0 Å². The Morgan fingerprint density at radius 3 is 1.44 bits per heavy atom. The van der Waals surface area contributed by atoms with Crippen LogP contribution in [0.5, 0.6) is 0 Å². The molecule has 0 bridgehead atoms. The predicted molar refractivity (Wildman–Crippen MR) is 238 cm³/mol. The van der Waals surface area contributed by atoms with Crippen molar-refractivity contribution in [1.82, 2.24) is 0 Å². The Hall–Kier alpha value is -2.03. The Balaban J connectivity index is 4.12. The van der Waals surface area contributed by atoms with Crippen molar-refractivity contribution in [2.45, 2.75) is 213 Å². The number of hydrogen-bond acceptors (Lipinski definition) is 8. The van der Waals surface area contributed by atoms with Gasteiger partial charge in [0.1, 0.15) is 6.61 Å². The lowest BCUT2D eigenvalue weighted by molar-refractivity contribution is -0.161. The van der Waals surface area contributed by atoms with Crippen LogP contribution in [-0.4, -0.2) is 49.3 Å². The zero-order chi connectivity index (χ0) is 41.8. The molecular formula is C47H86NO8P. The van der Waals surface area contributed by atoms with Gasteiger partial charge in [0, 0.05) is 19.4 Å². The van der Waals surface area contributed by atoms with Crippen molar-refractivity contribution in [3.63, 3.8) is 0 Å². The van der Waals surface area contributed by atoms with Gasteiger partial charge in [-0.15, -0.1) is 0 Å². The lowest BCUT2D eigenvalue weighted by Crippen LogP contribution is -2.29. The molecule has 3 N–H and O–H groups in total. The molecular weight excluding hydrogens is 737 g/mol. The maximum Gasteiger partial charge on any atom is 0.472 e. The SMILES string of the molecule is CC/C=C\C/C=C\C/C=C\C/C=C\CCCCC(=O)OC[C@H](COP(=O)(O)OCCN)OC(=O)CCCCCCCCCCCCCCCCCCCCCCC. The zero-order valence-electron chi connectivity index (χ0n) is 36.6. The first-order chi connectivity index (χ1) is 27.8. The monoisotopic (exact) mass is 824 g/mol. The van der Waals surface area contributed by atoms with E-state index in [1.807, 2.05) is 0 Å². The van der Waals surface area contributed by atoms with Gasteiger partial charge in [0.25, 0.3) is 0 Å². The normalized spacial score (nSPS) is 13.7. The lowest BCUT2D eigenvalue weighted by atomic mass is 10.0. The van der Waals surface area contributed by atoms with Crippen molar-refractivity contribution < 1.29 is 37.6 Å². The highest BCUT2D eigenvalue weighted by atomic mass is 31.2. The minimum Gasteiger partial charge on any atom is -0.462 e. The first-order valence-corrected chi connectivity index (χ1v) is 24.6. The van der Waals surface area contributed by atoms with E-state index in [4.69, 9.17) is 24.3 Å². The van der Waals surface area contributed by atoms with Crippen LogP contribution in [0.3, 0.4) is 0 Å². The first kappa shape index (κ1) is 55.0. The van der Waals surface area contributed by atoms with Gasteiger partial charge in [0.15, 0.2) is 6.10 Å². The third-order valence-electron chi connectivity index (χ3n) is 9.73. The maximum absolute atomic E-state index is 12.6. The smallest absolute Gasteiger partial charge is 0.462 e. The average molecular weight is 824 g/mol. The highest BCUT2D eigenvalue weighted by molar-refractivity contribution is 7.47. The Morgan fingerprint density at radius 1 is 0.544 bits per heavy atom. The van der Waals surface area contributed by atoms with E-state index in [1.54, 1.807) is 0 Å². The summed E-state index contributed by atoms with van der Waals surface area (Å²) >= 11 is 0. The van der Waals surface area contributed by atoms with E-state index < -0.39 is 32.5 Å². The summed E-state index contributed by atoms with van der Waals surface area (Å²) in [6, 6.07) is 0. The summed E-state index contributed by atoms with van der Waals surface area (Å²) in [5, 5.41) is 0. The van der Waals surface area contributed by atoms with Gasteiger partial charge < -0.3 is 20.1 Å². The fraction of sp³-hybridized carbons (Fsp3) is 0.787. The Kier molecular flexibility index (Phi) is 42.0. The number of hydrogen-bond donors (Lipinski definition) is 2. The van der Waals surface area contributed by atoms with Crippen LogP contribution in [-0.2, 0) is 32.7 Å². The average Bonchev–Trinajstić information content (AvgIpc) is 3.20. The summed E-state index contributed by atoms with van der Waals surface area (Å²) in [4.78, 5) is 34.9. The molecule has 2 atom stereocenters. The maximum atomic E-state index is 12.6. The Bertz CT molecular complexity index is 1080. The number of ether oxygens (including phenoxy) is 2. The molecule has 1 unspecified atom stereocenters. The van der Waals surface area contributed by atoms with Crippen LogP contribution >= 0.6 is 7.82 Å². The number of carbonyl (C=O) groups excluding carboxylic acids is 2. The second-order valence-electron chi connectivity index (χ2n) is 15.2. The van der Waals surface area contributed by atoms with Gasteiger partial charge >= 0.3 is 19.8 Å². The van der Waals surface area contributed by atoms with Crippen LogP contribution in [0.15, 0.2) is 48.6 Å². The quantitative estimate of drug-likeness (QED) is 0.0267. The number of rotatable bonds is 43. The molecule has 332 valence electrons. The molecule has 0 amide bonds. The van der Waals surface area contributed by atoms with Gasteiger partial charge in [-0.25, -0.2) is 4.57 Å². The fourth-order valence-electron chi connectivity index (χ4n) is 6.33. The van der Waals surface area contributed by atoms with E-state index in [0.29, 0.717) is 12.8 Å². The number of carbonyl (C=O) groups is 2. The predicted octanol–water partition coefficient (Wildman–Crippen LogP) is 13.5. The molecule has 0 saturated carbocycles. The van der Waals surface area contributed by atoms with Crippen molar-refractivity contribution >= 4 is 19.8 Å². The minimum atomic E-state index is -4.39. The van der Waals surface area contributed by atoms with Crippen molar-refractivity contribution in [2.75, 3.05) is 26.4 Å². The topological polar surface area (TPSA) is 134 Å². The van der Waals surface area contributed by atoms with Crippen molar-refractivity contribution in [3.8, 4) is 0 Å². The second kappa shape index (κ2) is 43.5. The Labute approximate surface area is 349 Å². The van der Waals surface area contributed by atoms with E-state index in [9.17, 15) is 19.0 Å². The van der Waals surface area contributed by atoms with Gasteiger partial charge in [0.05, 0.1) is 13.2 Å². The van der Waals surface area contributed by atoms with Gasteiger partial charge in [-0.05, 0) is 51.4 Å². The molecule has 0 fully saturated rings.